The first kappa shape index (κ1) is 12.4. The maximum absolute atomic E-state index is 11.9. The van der Waals surface area contributed by atoms with E-state index in [9.17, 15) is 9.90 Å². The fourth-order valence-electron chi connectivity index (χ4n) is 2.14. The second kappa shape index (κ2) is 5.54. The van der Waals surface area contributed by atoms with Crippen molar-refractivity contribution in [2.75, 3.05) is 16.8 Å². The van der Waals surface area contributed by atoms with Crippen molar-refractivity contribution in [3.05, 3.63) is 23.8 Å². The van der Waals surface area contributed by atoms with Gasteiger partial charge in [0.05, 0.1) is 5.69 Å². The van der Waals surface area contributed by atoms with Gasteiger partial charge in [-0.3, -0.25) is 4.79 Å². The molecule has 0 spiro atoms. The molecule has 1 aromatic rings. The van der Waals surface area contributed by atoms with Crippen LogP contribution in [0, 0.1) is 0 Å². The summed E-state index contributed by atoms with van der Waals surface area (Å²) in [6, 6.07) is 5.29. The number of phenols is 1. The Bertz CT molecular complexity index is 420. The third kappa shape index (κ3) is 2.80. The summed E-state index contributed by atoms with van der Waals surface area (Å²) in [6.45, 7) is 0.737. The van der Waals surface area contributed by atoms with E-state index >= 15 is 0 Å². The van der Waals surface area contributed by atoms with Gasteiger partial charge < -0.3 is 10.0 Å². The number of amides is 1. The van der Waals surface area contributed by atoms with Crippen molar-refractivity contribution in [2.45, 2.75) is 25.7 Å². The predicted molar refractivity (Wildman–Crippen MR) is 71.8 cm³/mol. The Labute approximate surface area is 110 Å². The van der Waals surface area contributed by atoms with Crippen LogP contribution in [0.1, 0.15) is 24.8 Å². The second-order valence-electron chi connectivity index (χ2n) is 4.25. The molecule has 0 saturated heterocycles. The molecule has 1 amide bonds. The minimum atomic E-state index is 0.165. The molecular weight excluding hydrogens is 282 g/mol. The molecule has 0 aliphatic carbocycles. The van der Waals surface area contributed by atoms with E-state index in [-0.39, 0.29) is 11.7 Å². The number of alkyl halides is 1. The number of nitrogens with zero attached hydrogens (tertiary/aromatic N) is 1. The van der Waals surface area contributed by atoms with Crippen molar-refractivity contribution in [2.24, 2.45) is 0 Å². The molecule has 92 valence electrons. The highest BCUT2D eigenvalue weighted by molar-refractivity contribution is 9.09. The fourth-order valence-corrected chi connectivity index (χ4v) is 2.53. The normalized spacial score (nSPS) is 14.9. The van der Waals surface area contributed by atoms with Gasteiger partial charge in [-0.2, -0.15) is 0 Å². The Morgan fingerprint density at radius 2 is 2.12 bits per heavy atom. The molecule has 0 radical (unpaired) electrons. The van der Waals surface area contributed by atoms with Crippen molar-refractivity contribution in [3.8, 4) is 5.75 Å². The van der Waals surface area contributed by atoms with Crippen LogP contribution >= 0.6 is 15.9 Å². The van der Waals surface area contributed by atoms with Crippen LogP contribution in [-0.4, -0.2) is 22.9 Å². The molecule has 0 saturated carbocycles. The van der Waals surface area contributed by atoms with Crippen LogP contribution in [0.5, 0.6) is 5.75 Å². The summed E-state index contributed by atoms with van der Waals surface area (Å²) >= 11 is 3.39. The fraction of sp³-hybridized carbons (Fsp3) is 0.462. The van der Waals surface area contributed by atoms with Gasteiger partial charge in [0.2, 0.25) is 5.91 Å². The van der Waals surface area contributed by atoms with Crippen LogP contribution in [0.3, 0.4) is 0 Å². The molecule has 3 nitrogen and oxygen atoms in total. The number of carbonyl (C=O) groups is 1. The van der Waals surface area contributed by atoms with Crippen LogP contribution in [-0.2, 0) is 11.2 Å². The van der Waals surface area contributed by atoms with E-state index in [1.165, 1.54) is 0 Å². The third-order valence-corrected chi connectivity index (χ3v) is 3.60. The Morgan fingerprint density at radius 3 is 2.88 bits per heavy atom. The standard InChI is InChI=1S/C13H16BrNO2/c14-7-1-2-8-15-12-9-11(16)5-3-10(12)4-6-13(15)17/h3,5,9,16H,1-2,4,6-8H2. The lowest BCUT2D eigenvalue weighted by Gasteiger charge is -2.29. The zero-order chi connectivity index (χ0) is 12.3. The van der Waals surface area contributed by atoms with Gasteiger partial charge in [0.1, 0.15) is 5.75 Å². The van der Waals surface area contributed by atoms with Crippen LogP contribution in [0.25, 0.3) is 0 Å². The first-order chi connectivity index (χ1) is 8.22. The van der Waals surface area contributed by atoms with E-state index < -0.39 is 0 Å². The molecule has 1 aromatic carbocycles. The number of rotatable bonds is 4. The molecule has 4 heteroatoms. The number of aromatic hydroxyl groups is 1. The molecule has 2 rings (SSSR count). The zero-order valence-electron chi connectivity index (χ0n) is 9.66. The highest BCUT2D eigenvalue weighted by atomic mass is 79.9. The molecule has 0 bridgehead atoms. The van der Waals surface area contributed by atoms with Crippen LogP contribution in [0.15, 0.2) is 18.2 Å². The number of hydrogen-bond donors (Lipinski definition) is 1. The van der Waals surface area contributed by atoms with E-state index in [4.69, 9.17) is 0 Å². The summed E-state index contributed by atoms with van der Waals surface area (Å²) in [7, 11) is 0. The summed E-state index contributed by atoms with van der Waals surface area (Å²) in [5.74, 6) is 0.390. The average Bonchev–Trinajstić information content (AvgIpc) is 2.32. The molecule has 0 atom stereocenters. The highest BCUT2D eigenvalue weighted by Gasteiger charge is 2.23. The highest BCUT2D eigenvalue weighted by Crippen LogP contribution is 2.31. The van der Waals surface area contributed by atoms with E-state index in [0.717, 1.165) is 42.4 Å². The van der Waals surface area contributed by atoms with Gasteiger partial charge in [0.25, 0.3) is 0 Å². The Kier molecular flexibility index (Phi) is 4.05. The van der Waals surface area contributed by atoms with Crippen molar-refractivity contribution in [1.82, 2.24) is 0 Å². The lowest BCUT2D eigenvalue weighted by atomic mass is 10.0. The number of benzene rings is 1. The van der Waals surface area contributed by atoms with E-state index in [1.807, 2.05) is 6.07 Å². The number of halogens is 1. The first-order valence-corrected chi connectivity index (χ1v) is 7.03. The molecule has 17 heavy (non-hydrogen) atoms. The van der Waals surface area contributed by atoms with Crippen LogP contribution < -0.4 is 4.90 Å². The molecule has 1 aliphatic heterocycles. The summed E-state index contributed by atoms with van der Waals surface area (Å²) in [4.78, 5) is 13.7. The average molecular weight is 298 g/mol. The van der Waals surface area contributed by atoms with Gasteiger partial charge in [-0.05, 0) is 30.9 Å². The Balaban J connectivity index is 2.20. The maximum Gasteiger partial charge on any atom is 0.227 e. The molecule has 0 aromatic heterocycles. The summed E-state index contributed by atoms with van der Waals surface area (Å²) in [5, 5.41) is 10.5. The van der Waals surface area contributed by atoms with Gasteiger partial charge in [0, 0.05) is 24.4 Å². The third-order valence-electron chi connectivity index (χ3n) is 3.03. The topological polar surface area (TPSA) is 40.5 Å². The van der Waals surface area contributed by atoms with Crippen molar-refractivity contribution < 1.29 is 9.90 Å². The van der Waals surface area contributed by atoms with Gasteiger partial charge in [-0.1, -0.05) is 22.0 Å². The number of unbranched alkanes of at least 4 members (excludes halogenated alkanes) is 1. The number of anilines is 1. The molecule has 0 unspecified atom stereocenters. The predicted octanol–water partition coefficient (Wildman–Crippen LogP) is 2.85. The Hall–Kier alpha value is -1.03. The molecule has 1 N–H and O–H groups in total. The molecule has 0 fully saturated rings. The first-order valence-electron chi connectivity index (χ1n) is 5.90. The molecular formula is C13H16BrNO2. The van der Waals surface area contributed by atoms with Gasteiger partial charge in [0.15, 0.2) is 0 Å². The van der Waals surface area contributed by atoms with Gasteiger partial charge in [-0.15, -0.1) is 0 Å². The Morgan fingerprint density at radius 1 is 1.29 bits per heavy atom. The van der Waals surface area contributed by atoms with Crippen molar-refractivity contribution >= 4 is 27.5 Å². The number of carbonyl (C=O) groups excluding carboxylic acids is 1. The molecule has 1 aliphatic rings. The number of aryl methyl sites for hydroxylation is 1. The number of fused-ring (bicyclic) bond motifs is 1. The van der Waals surface area contributed by atoms with E-state index in [1.54, 1.807) is 17.0 Å². The smallest absolute Gasteiger partial charge is 0.227 e. The van der Waals surface area contributed by atoms with Crippen LogP contribution in [0.2, 0.25) is 0 Å². The monoisotopic (exact) mass is 297 g/mol. The van der Waals surface area contributed by atoms with Gasteiger partial charge in [-0.25, -0.2) is 0 Å². The molecule has 1 heterocycles. The van der Waals surface area contributed by atoms with E-state index in [0.29, 0.717) is 6.42 Å². The van der Waals surface area contributed by atoms with E-state index in [2.05, 4.69) is 15.9 Å². The second-order valence-corrected chi connectivity index (χ2v) is 5.05. The maximum atomic E-state index is 11.9. The number of phenolic OH excluding ortho intramolecular Hbond substituents is 1. The summed E-state index contributed by atoms with van der Waals surface area (Å²) in [6.07, 6.45) is 3.39. The quantitative estimate of drug-likeness (QED) is 0.686. The zero-order valence-corrected chi connectivity index (χ0v) is 11.2. The largest absolute Gasteiger partial charge is 0.508 e. The summed E-state index contributed by atoms with van der Waals surface area (Å²) < 4.78 is 0. The SMILES string of the molecule is O=C1CCc2ccc(O)cc2N1CCCCBr. The minimum absolute atomic E-state index is 0.165. The van der Waals surface area contributed by atoms with Crippen LogP contribution in [0.4, 0.5) is 5.69 Å². The summed E-state index contributed by atoms with van der Waals surface area (Å²) in [5.41, 5.74) is 2.04. The number of hydrogen-bond acceptors (Lipinski definition) is 2. The van der Waals surface area contributed by atoms with Crippen molar-refractivity contribution in [1.29, 1.82) is 0 Å². The minimum Gasteiger partial charge on any atom is -0.508 e. The van der Waals surface area contributed by atoms with Crippen molar-refractivity contribution in [3.63, 3.8) is 0 Å². The lowest BCUT2D eigenvalue weighted by Crippen LogP contribution is -2.35. The van der Waals surface area contributed by atoms with Gasteiger partial charge >= 0.3 is 0 Å². The lowest BCUT2D eigenvalue weighted by molar-refractivity contribution is -0.118.